The van der Waals surface area contributed by atoms with Crippen molar-refractivity contribution in [3.8, 4) is 33.9 Å². The van der Waals surface area contributed by atoms with Crippen LogP contribution in [0.2, 0.25) is 0 Å². The molecular formula is C31H33FN3O5+. The molecule has 4 N–H and O–H groups in total. The van der Waals surface area contributed by atoms with Crippen molar-refractivity contribution in [2.24, 2.45) is 0 Å². The van der Waals surface area contributed by atoms with E-state index in [2.05, 4.69) is 10.5 Å². The van der Waals surface area contributed by atoms with Crippen molar-refractivity contribution in [3.05, 3.63) is 88.9 Å². The number of ether oxygens (including phenoxy) is 1. The Morgan fingerprint density at radius 3 is 2.38 bits per heavy atom. The quantitative estimate of drug-likeness (QED) is 0.256. The number of aromatic hydroxyl groups is 2. The molecule has 8 nitrogen and oxygen atoms in total. The second-order valence-electron chi connectivity index (χ2n) is 9.96. The number of amides is 1. The normalized spacial score (nSPS) is 13.8. The second-order valence-corrected chi connectivity index (χ2v) is 9.96. The van der Waals surface area contributed by atoms with E-state index >= 15 is 0 Å². The maximum absolute atomic E-state index is 13.3. The molecule has 0 bridgehead atoms. The minimum absolute atomic E-state index is 0.0663. The molecule has 0 saturated carbocycles. The molecule has 0 aliphatic carbocycles. The van der Waals surface area contributed by atoms with E-state index in [1.807, 2.05) is 31.2 Å². The highest BCUT2D eigenvalue weighted by Gasteiger charge is 2.27. The lowest BCUT2D eigenvalue weighted by Crippen LogP contribution is -3.12. The van der Waals surface area contributed by atoms with Crippen molar-refractivity contribution in [1.29, 1.82) is 0 Å². The molecule has 208 valence electrons. The first-order chi connectivity index (χ1) is 19.4. The van der Waals surface area contributed by atoms with Crippen molar-refractivity contribution in [2.75, 3.05) is 32.8 Å². The number of aryl methyl sites for hydroxylation is 2. The summed E-state index contributed by atoms with van der Waals surface area (Å²) >= 11 is 0. The Morgan fingerprint density at radius 2 is 1.68 bits per heavy atom. The summed E-state index contributed by atoms with van der Waals surface area (Å²) in [6.45, 7) is 6.55. The van der Waals surface area contributed by atoms with Gasteiger partial charge in [-0.15, -0.1) is 0 Å². The fraction of sp³-hybridized carbons (Fsp3) is 0.290. The van der Waals surface area contributed by atoms with Crippen molar-refractivity contribution < 1.29 is 33.6 Å². The number of benzene rings is 3. The van der Waals surface area contributed by atoms with Crippen LogP contribution in [0, 0.1) is 5.82 Å². The summed E-state index contributed by atoms with van der Waals surface area (Å²) in [6, 6.07) is 17.0. The summed E-state index contributed by atoms with van der Waals surface area (Å²) in [6.07, 6.45) is 0.994. The molecule has 9 heteroatoms. The van der Waals surface area contributed by atoms with E-state index in [9.17, 15) is 19.4 Å². The first-order valence-electron chi connectivity index (χ1n) is 13.5. The maximum atomic E-state index is 13.3. The van der Waals surface area contributed by atoms with Crippen LogP contribution in [0.3, 0.4) is 0 Å². The van der Waals surface area contributed by atoms with Crippen molar-refractivity contribution in [3.63, 3.8) is 0 Å². The lowest BCUT2D eigenvalue weighted by molar-refractivity contribution is -0.921. The molecule has 0 atom stereocenters. The number of aromatic nitrogens is 1. The Balaban J connectivity index is 1.48. The number of nitrogens with one attached hydrogen (secondary N) is 2. The van der Waals surface area contributed by atoms with Gasteiger partial charge < -0.3 is 29.7 Å². The molecule has 5 rings (SSSR count). The largest absolute Gasteiger partial charge is 0.508 e. The van der Waals surface area contributed by atoms with Crippen molar-refractivity contribution in [2.45, 2.75) is 26.3 Å². The lowest BCUT2D eigenvalue weighted by Gasteiger charge is -2.23. The Bertz CT molecular complexity index is 1460. The number of nitrogens with zero attached hydrogens (tertiary/aromatic N) is 1. The average molecular weight is 547 g/mol. The van der Waals surface area contributed by atoms with Gasteiger partial charge in [0.2, 0.25) is 0 Å². The Labute approximate surface area is 232 Å². The van der Waals surface area contributed by atoms with Gasteiger partial charge in [0, 0.05) is 18.2 Å². The second kappa shape index (κ2) is 12.3. The molecule has 3 aromatic carbocycles. The van der Waals surface area contributed by atoms with E-state index in [4.69, 9.17) is 9.26 Å². The number of carbonyl (C=O) groups is 1. The molecular weight excluding hydrogens is 513 g/mol. The van der Waals surface area contributed by atoms with Gasteiger partial charge in [-0.3, -0.25) is 4.79 Å². The predicted octanol–water partition coefficient (Wildman–Crippen LogP) is 3.51. The molecule has 1 fully saturated rings. The Hall–Kier alpha value is -4.21. The number of phenolic OH excluding ortho intramolecular Hbond substituents is 2. The van der Waals surface area contributed by atoms with E-state index in [0.29, 0.717) is 36.1 Å². The first-order valence-corrected chi connectivity index (χ1v) is 13.5. The van der Waals surface area contributed by atoms with Crippen LogP contribution >= 0.6 is 0 Å². The molecule has 4 aromatic rings. The fourth-order valence-corrected chi connectivity index (χ4v) is 4.99. The monoisotopic (exact) mass is 546 g/mol. The number of quaternary nitrogens is 1. The van der Waals surface area contributed by atoms with E-state index in [1.54, 1.807) is 18.2 Å². The van der Waals surface area contributed by atoms with Crippen LogP contribution in [-0.4, -0.2) is 54.1 Å². The summed E-state index contributed by atoms with van der Waals surface area (Å²) in [5.41, 5.74) is 4.25. The average Bonchev–Trinajstić information content (AvgIpc) is 3.40. The van der Waals surface area contributed by atoms with E-state index in [1.165, 1.54) is 23.1 Å². The number of phenols is 2. The molecule has 1 aliphatic rings. The van der Waals surface area contributed by atoms with Gasteiger partial charge in [0.15, 0.2) is 11.5 Å². The molecule has 2 heterocycles. The van der Waals surface area contributed by atoms with E-state index in [0.717, 1.165) is 49.5 Å². The zero-order chi connectivity index (χ0) is 28.1. The van der Waals surface area contributed by atoms with E-state index in [-0.39, 0.29) is 34.7 Å². The van der Waals surface area contributed by atoms with Crippen LogP contribution in [0.5, 0.6) is 11.5 Å². The topological polar surface area (TPSA) is 109 Å². The molecule has 1 aliphatic heterocycles. The number of hydrogen-bond acceptors (Lipinski definition) is 6. The van der Waals surface area contributed by atoms with Gasteiger partial charge >= 0.3 is 0 Å². The standard InChI is InChI=1S/C31H32FN3O5/c1-2-33-31(38)29-28(22-8-4-21(5-9-22)19-35-13-15-39-16-14-35)30(40-34-29)25-17-23(26(36)18-27(25)37)10-3-20-6-11-24(32)12-7-20/h4-9,11-12,17-18,36-37H,2-3,10,13-16,19H2,1H3,(H,33,38)/p+1. The van der Waals surface area contributed by atoms with Gasteiger partial charge in [0.25, 0.3) is 5.91 Å². The number of morpholine rings is 1. The van der Waals surface area contributed by atoms with Crippen molar-refractivity contribution >= 4 is 5.91 Å². The van der Waals surface area contributed by atoms with Crippen LogP contribution in [0.1, 0.15) is 34.1 Å². The SMILES string of the molecule is CCNC(=O)c1noc(-c2cc(CCc3ccc(F)cc3)c(O)cc2O)c1-c1ccc(C[NH+]2CCOCC2)cc1. The van der Waals surface area contributed by atoms with Gasteiger partial charge in [0.1, 0.15) is 37.0 Å². The number of hydrogen-bond donors (Lipinski definition) is 4. The van der Waals surface area contributed by atoms with Crippen LogP contribution in [-0.2, 0) is 24.1 Å². The number of rotatable bonds is 9. The van der Waals surface area contributed by atoms with E-state index < -0.39 is 0 Å². The lowest BCUT2D eigenvalue weighted by atomic mass is 9.95. The molecule has 1 saturated heterocycles. The molecule has 1 amide bonds. The van der Waals surface area contributed by atoms with Gasteiger partial charge in [-0.05, 0) is 54.7 Å². The van der Waals surface area contributed by atoms with Crippen LogP contribution < -0.4 is 10.2 Å². The summed E-state index contributed by atoms with van der Waals surface area (Å²) in [4.78, 5) is 14.4. The third-order valence-electron chi connectivity index (χ3n) is 7.18. The number of halogens is 1. The highest BCUT2D eigenvalue weighted by atomic mass is 19.1. The summed E-state index contributed by atoms with van der Waals surface area (Å²) in [7, 11) is 0. The smallest absolute Gasteiger partial charge is 0.274 e. The molecule has 0 unspecified atom stereocenters. The summed E-state index contributed by atoms with van der Waals surface area (Å²) in [5.74, 6) is -0.731. The maximum Gasteiger partial charge on any atom is 0.274 e. The third-order valence-corrected chi connectivity index (χ3v) is 7.18. The summed E-state index contributed by atoms with van der Waals surface area (Å²) in [5, 5.41) is 28.2. The minimum Gasteiger partial charge on any atom is -0.508 e. The molecule has 0 radical (unpaired) electrons. The van der Waals surface area contributed by atoms with Crippen LogP contribution in [0.15, 0.2) is 65.2 Å². The Kier molecular flexibility index (Phi) is 8.42. The van der Waals surface area contributed by atoms with Crippen molar-refractivity contribution in [1.82, 2.24) is 10.5 Å². The van der Waals surface area contributed by atoms with Crippen LogP contribution in [0.4, 0.5) is 4.39 Å². The fourth-order valence-electron chi connectivity index (χ4n) is 4.99. The highest BCUT2D eigenvalue weighted by Crippen LogP contribution is 2.42. The number of carbonyl (C=O) groups excluding carboxylic acids is 1. The predicted molar refractivity (Wildman–Crippen MR) is 148 cm³/mol. The molecule has 0 spiro atoms. The van der Waals surface area contributed by atoms with Gasteiger partial charge in [-0.2, -0.15) is 0 Å². The Morgan fingerprint density at radius 1 is 0.975 bits per heavy atom. The highest BCUT2D eigenvalue weighted by molar-refractivity contribution is 6.02. The molecule has 1 aromatic heterocycles. The third kappa shape index (κ3) is 6.16. The zero-order valence-corrected chi connectivity index (χ0v) is 22.4. The molecule has 40 heavy (non-hydrogen) atoms. The van der Waals surface area contributed by atoms with Gasteiger partial charge in [0.05, 0.1) is 24.3 Å². The van der Waals surface area contributed by atoms with Gasteiger partial charge in [-0.25, -0.2) is 4.39 Å². The van der Waals surface area contributed by atoms with Gasteiger partial charge in [-0.1, -0.05) is 41.6 Å². The summed E-state index contributed by atoms with van der Waals surface area (Å²) < 4.78 is 24.4. The minimum atomic E-state index is -0.385. The zero-order valence-electron chi connectivity index (χ0n) is 22.4. The first kappa shape index (κ1) is 27.4. The van der Waals surface area contributed by atoms with Crippen LogP contribution in [0.25, 0.3) is 22.5 Å².